The van der Waals surface area contributed by atoms with E-state index in [4.69, 9.17) is 0 Å². The number of pyridine rings is 1. The summed E-state index contributed by atoms with van der Waals surface area (Å²) in [4.78, 5) is 16.1. The van der Waals surface area contributed by atoms with E-state index in [1.807, 2.05) is 0 Å². The van der Waals surface area contributed by atoms with Gasteiger partial charge in [0.15, 0.2) is 0 Å². The molecule has 0 aliphatic rings. The summed E-state index contributed by atoms with van der Waals surface area (Å²) in [5.41, 5.74) is -0.0321. The molecular formula is C15H11F4NO. The minimum absolute atomic E-state index is 0.0970. The van der Waals surface area contributed by atoms with Crippen molar-refractivity contribution in [1.29, 1.82) is 0 Å². The molecule has 21 heavy (non-hydrogen) atoms. The fourth-order valence-corrected chi connectivity index (χ4v) is 1.98. The van der Waals surface area contributed by atoms with Crippen molar-refractivity contribution in [1.82, 2.24) is 4.98 Å². The Hall–Kier alpha value is -2.24. The van der Waals surface area contributed by atoms with Crippen molar-refractivity contribution in [3.63, 3.8) is 0 Å². The van der Waals surface area contributed by atoms with Gasteiger partial charge in [-0.2, -0.15) is 13.2 Å². The van der Waals surface area contributed by atoms with Gasteiger partial charge in [0.2, 0.25) is 5.78 Å². The smallest absolute Gasteiger partial charge is 0.287 e. The minimum Gasteiger partial charge on any atom is -0.287 e. The van der Waals surface area contributed by atoms with Gasteiger partial charge < -0.3 is 0 Å². The van der Waals surface area contributed by atoms with E-state index in [2.05, 4.69) is 4.98 Å². The quantitative estimate of drug-likeness (QED) is 0.617. The van der Waals surface area contributed by atoms with Gasteiger partial charge in [-0.3, -0.25) is 9.78 Å². The van der Waals surface area contributed by atoms with Crippen LogP contribution in [0, 0.1) is 19.7 Å². The number of aryl methyl sites for hydroxylation is 2. The Morgan fingerprint density at radius 2 is 1.81 bits per heavy atom. The van der Waals surface area contributed by atoms with Gasteiger partial charge >= 0.3 is 6.18 Å². The highest BCUT2D eigenvalue weighted by atomic mass is 19.4. The van der Waals surface area contributed by atoms with Crippen LogP contribution in [0.1, 0.15) is 32.7 Å². The number of hydrogen-bond acceptors (Lipinski definition) is 2. The molecule has 0 amide bonds. The summed E-state index contributed by atoms with van der Waals surface area (Å²) < 4.78 is 50.9. The maximum atomic E-state index is 13.5. The van der Waals surface area contributed by atoms with Crippen molar-refractivity contribution >= 4 is 5.78 Å². The number of benzene rings is 1. The zero-order chi connectivity index (χ0) is 15.8. The lowest BCUT2D eigenvalue weighted by Gasteiger charge is -2.09. The molecule has 1 heterocycles. The standard InChI is InChI=1S/C15H11F4NO/c1-8-5-9(2)13(20-7-8)14(21)10-3-4-11(12(16)6-10)15(17,18)19/h3-7H,1-2H3. The lowest BCUT2D eigenvalue weighted by atomic mass is 10.0. The van der Waals surface area contributed by atoms with Gasteiger partial charge in [-0.15, -0.1) is 0 Å². The van der Waals surface area contributed by atoms with E-state index in [0.29, 0.717) is 17.7 Å². The SMILES string of the molecule is Cc1cnc(C(=O)c2ccc(C(F)(F)F)c(F)c2)c(C)c1. The first kappa shape index (κ1) is 15.2. The Kier molecular flexibility index (Phi) is 3.80. The fourth-order valence-electron chi connectivity index (χ4n) is 1.98. The molecule has 0 radical (unpaired) electrons. The van der Waals surface area contributed by atoms with E-state index >= 15 is 0 Å². The monoisotopic (exact) mass is 297 g/mol. The Bertz CT molecular complexity index is 707. The van der Waals surface area contributed by atoms with Crippen LogP contribution in [-0.4, -0.2) is 10.8 Å². The molecule has 1 aromatic heterocycles. The van der Waals surface area contributed by atoms with Crippen LogP contribution >= 0.6 is 0 Å². The van der Waals surface area contributed by atoms with Crippen molar-refractivity contribution in [2.75, 3.05) is 0 Å². The number of aromatic nitrogens is 1. The second-order valence-electron chi connectivity index (χ2n) is 4.70. The van der Waals surface area contributed by atoms with Crippen LogP contribution in [-0.2, 0) is 6.18 Å². The molecule has 0 aliphatic heterocycles. The largest absolute Gasteiger partial charge is 0.419 e. The van der Waals surface area contributed by atoms with E-state index < -0.39 is 23.3 Å². The highest BCUT2D eigenvalue weighted by molar-refractivity contribution is 6.08. The van der Waals surface area contributed by atoms with E-state index in [0.717, 1.165) is 11.6 Å². The van der Waals surface area contributed by atoms with Crippen molar-refractivity contribution in [3.8, 4) is 0 Å². The number of carbonyl (C=O) groups is 1. The molecule has 0 saturated carbocycles. The second-order valence-corrected chi connectivity index (χ2v) is 4.70. The summed E-state index contributed by atoms with van der Waals surface area (Å²) in [6.07, 6.45) is -3.32. The Morgan fingerprint density at radius 3 is 2.33 bits per heavy atom. The number of halogens is 4. The van der Waals surface area contributed by atoms with E-state index in [1.165, 1.54) is 6.20 Å². The topological polar surface area (TPSA) is 30.0 Å². The van der Waals surface area contributed by atoms with Crippen molar-refractivity contribution in [2.24, 2.45) is 0 Å². The van der Waals surface area contributed by atoms with Crippen molar-refractivity contribution in [2.45, 2.75) is 20.0 Å². The summed E-state index contributed by atoms with van der Waals surface area (Å²) in [5, 5.41) is 0. The van der Waals surface area contributed by atoms with Crippen molar-refractivity contribution in [3.05, 3.63) is 64.2 Å². The third kappa shape index (κ3) is 3.09. The summed E-state index contributed by atoms with van der Waals surface area (Å²) in [6.45, 7) is 3.46. The minimum atomic E-state index is -4.79. The number of rotatable bonds is 2. The van der Waals surface area contributed by atoms with Gasteiger partial charge in [-0.1, -0.05) is 12.1 Å². The molecule has 0 unspecified atom stereocenters. The lowest BCUT2D eigenvalue weighted by Crippen LogP contribution is -2.11. The van der Waals surface area contributed by atoms with Gasteiger partial charge in [0.05, 0.1) is 5.56 Å². The number of nitrogens with zero attached hydrogens (tertiary/aromatic N) is 1. The average Bonchev–Trinajstić information content (AvgIpc) is 2.36. The molecule has 0 bridgehead atoms. The number of alkyl halides is 3. The highest BCUT2D eigenvalue weighted by Crippen LogP contribution is 2.31. The summed E-state index contributed by atoms with van der Waals surface area (Å²) in [7, 11) is 0. The van der Waals surface area contributed by atoms with E-state index in [1.54, 1.807) is 19.9 Å². The van der Waals surface area contributed by atoms with E-state index in [-0.39, 0.29) is 11.3 Å². The first-order chi connectivity index (χ1) is 9.70. The normalized spacial score (nSPS) is 11.5. The summed E-state index contributed by atoms with van der Waals surface area (Å²) in [5.74, 6) is -2.08. The first-order valence-electron chi connectivity index (χ1n) is 6.05. The fraction of sp³-hybridized carbons (Fsp3) is 0.200. The van der Waals surface area contributed by atoms with Gasteiger partial charge in [0.25, 0.3) is 0 Å². The molecule has 0 spiro atoms. The third-order valence-electron chi connectivity index (χ3n) is 2.97. The molecular weight excluding hydrogens is 286 g/mol. The average molecular weight is 297 g/mol. The maximum Gasteiger partial charge on any atom is 0.419 e. The second kappa shape index (κ2) is 5.27. The van der Waals surface area contributed by atoms with E-state index in [9.17, 15) is 22.4 Å². The zero-order valence-electron chi connectivity index (χ0n) is 11.3. The highest BCUT2D eigenvalue weighted by Gasteiger charge is 2.34. The molecule has 1 aromatic carbocycles. The van der Waals surface area contributed by atoms with Crippen molar-refractivity contribution < 1.29 is 22.4 Å². The van der Waals surface area contributed by atoms with Crippen LogP contribution < -0.4 is 0 Å². The van der Waals surface area contributed by atoms with Gasteiger partial charge in [-0.05, 0) is 37.1 Å². The molecule has 2 aromatic rings. The summed E-state index contributed by atoms with van der Waals surface area (Å²) in [6, 6.07) is 3.83. The van der Waals surface area contributed by atoms with Gasteiger partial charge in [-0.25, -0.2) is 4.39 Å². The van der Waals surface area contributed by atoms with Crippen LogP contribution in [0.3, 0.4) is 0 Å². The lowest BCUT2D eigenvalue weighted by molar-refractivity contribution is -0.140. The van der Waals surface area contributed by atoms with Crippen LogP contribution in [0.25, 0.3) is 0 Å². The van der Waals surface area contributed by atoms with Gasteiger partial charge in [0.1, 0.15) is 11.5 Å². The Morgan fingerprint density at radius 1 is 1.14 bits per heavy atom. The predicted octanol–water partition coefficient (Wildman–Crippen LogP) is 4.09. The molecule has 0 aliphatic carbocycles. The number of carbonyl (C=O) groups excluding carboxylic acids is 1. The molecule has 0 saturated heterocycles. The Labute approximate surface area is 118 Å². The van der Waals surface area contributed by atoms with Crippen LogP contribution in [0.4, 0.5) is 17.6 Å². The molecule has 2 rings (SSSR count). The number of hydrogen-bond donors (Lipinski definition) is 0. The maximum absolute atomic E-state index is 13.5. The zero-order valence-corrected chi connectivity index (χ0v) is 11.3. The molecule has 110 valence electrons. The number of ketones is 1. The molecule has 0 fully saturated rings. The van der Waals surface area contributed by atoms with Crippen LogP contribution in [0.2, 0.25) is 0 Å². The molecule has 0 N–H and O–H groups in total. The molecule has 6 heteroatoms. The van der Waals surface area contributed by atoms with Crippen LogP contribution in [0.5, 0.6) is 0 Å². The van der Waals surface area contributed by atoms with Crippen LogP contribution in [0.15, 0.2) is 30.5 Å². The summed E-state index contributed by atoms with van der Waals surface area (Å²) >= 11 is 0. The van der Waals surface area contributed by atoms with Gasteiger partial charge in [0, 0.05) is 11.8 Å². The first-order valence-corrected chi connectivity index (χ1v) is 6.05. The third-order valence-corrected chi connectivity index (χ3v) is 2.97. The Balaban J connectivity index is 2.43. The predicted molar refractivity (Wildman–Crippen MR) is 68.5 cm³/mol. The molecule has 0 atom stereocenters. The molecule has 2 nitrogen and oxygen atoms in total.